The molecule has 2 aromatic carbocycles. The van der Waals surface area contributed by atoms with Crippen LogP contribution in [0.4, 0.5) is 5.69 Å². The molecule has 3 rings (SSSR count). The molecule has 8 heteroatoms. The summed E-state index contributed by atoms with van der Waals surface area (Å²) < 4.78 is 1.34. The third kappa shape index (κ3) is 4.17. The van der Waals surface area contributed by atoms with E-state index in [2.05, 4.69) is 15.6 Å². The lowest BCUT2D eigenvalue weighted by Gasteiger charge is -2.13. The molecule has 0 saturated carbocycles. The number of hydrogen-bond acceptors (Lipinski definition) is 4. The maximum absolute atomic E-state index is 12.5. The summed E-state index contributed by atoms with van der Waals surface area (Å²) in [7, 11) is 0. The molecule has 0 saturated heterocycles. The second kappa shape index (κ2) is 8.36. The predicted molar refractivity (Wildman–Crippen MR) is 116 cm³/mol. The van der Waals surface area contributed by atoms with Gasteiger partial charge in [-0.2, -0.15) is 0 Å². The zero-order valence-corrected chi connectivity index (χ0v) is 17.4. The number of hydrogen-bond donors (Lipinski definition) is 3. The maximum Gasteiger partial charge on any atom is 0.316 e. The SMILES string of the molecule is CCn1c(=O)c(=O)[nH]c2cc(C(=O)NCC(=O)Nc3c(C)cc(C)cc3C)ccc21. The minimum atomic E-state index is -0.745. The molecule has 0 radical (unpaired) electrons. The van der Waals surface area contributed by atoms with Gasteiger partial charge < -0.3 is 20.2 Å². The summed E-state index contributed by atoms with van der Waals surface area (Å²) in [6.07, 6.45) is 0. The quantitative estimate of drug-likeness (QED) is 0.561. The zero-order chi connectivity index (χ0) is 22.0. The van der Waals surface area contributed by atoms with Crippen LogP contribution in [-0.4, -0.2) is 27.9 Å². The molecule has 3 N–H and O–H groups in total. The number of nitrogens with one attached hydrogen (secondary N) is 3. The fraction of sp³-hybridized carbons (Fsp3) is 0.273. The monoisotopic (exact) mass is 408 g/mol. The Kier molecular flexibility index (Phi) is 5.86. The van der Waals surface area contributed by atoms with Crippen LogP contribution < -0.4 is 21.8 Å². The van der Waals surface area contributed by atoms with Gasteiger partial charge in [0.05, 0.1) is 17.6 Å². The zero-order valence-electron chi connectivity index (χ0n) is 17.4. The highest BCUT2D eigenvalue weighted by molar-refractivity contribution is 6.01. The maximum atomic E-state index is 12.5. The average Bonchev–Trinajstić information content (AvgIpc) is 2.69. The largest absolute Gasteiger partial charge is 0.343 e. The molecule has 30 heavy (non-hydrogen) atoms. The molecule has 0 aliphatic carbocycles. The van der Waals surface area contributed by atoms with E-state index in [0.29, 0.717) is 17.6 Å². The molecule has 0 fully saturated rings. The van der Waals surface area contributed by atoms with Crippen molar-refractivity contribution >= 4 is 28.5 Å². The lowest BCUT2D eigenvalue weighted by Crippen LogP contribution is -2.36. The second-order valence-electron chi connectivity index (χ2n) is 7.24. The first-order valence-corrected chi connectivity index (χ1v) is 9.64. The van der Waals surface area contributed by atoms with Gasteiger partial charge in [-0.3, -0.25) is 19.2 Å². The molecule has 3 aromatic rings. The molecule has 0 bridgehead atoms. The Morgan fingerprint density at radius 3 is 2.33 bits per heavy atom. The van der Waals surface area contributed by atoms with E-state index in [4.69, 9.17) is 0 Å². The smallest absolute Gasteiger partial charge is 0.316 e. The van der Waals surface area contributed by atoms with Gasteiger partial charge >= 0.3 is 11.1 Å². The fourth-order valence-corrected chi connectivity index (χ4v) is 3.56. The number of H-pyrrole nitrogens is 1. The number of aromatic nitrogens is 2. The molecule has 0 aliphatic rings. The topological polar surface area (TPSA) is 113 Å². The summed E-state index contributed by atoms with van der Waals surface area (Å²) in [6.45, 7) is 7.72. The van der Waals surface area contributed by atoms with Gasteiger partial charge in [-0.05, 0) is 57.0 Å². The van der Waals surface area contributed by atoms with Crippen molar-refractivity contribution in [1.82, 2.24) is 14.9 Å². The highest BCUT2D eigenvalue weighted by atomic mass is 16.2. The average molecular weight is 408 g/mol. The molecular weight excluding hydrogens is 384 g/mol. The van der Waals surface area contributed by atoms with Gasteiger partial charge in [0.25, 0.3) is 5.91 Å². The molecule has 2 amide bonds. The summed E-state index contributed by atoms with van der Waals surface area (Å²) in [4.78, 5) is 51.0. The highest BCUT2D eigenvalue weighted by Gasteiger charge is 2.13. The third-order valence-corrected chi connectivity index (χ3v) is 4.90. The Bertz CT molecular complexity index is 1250. The lowest BCUT2D eigenvalue weighted by molar-refractivity contribution is -0.115. The van der Waals surface area contributed by atoms with Crippen molar-refractivity contribution in [3.63, 3.8) is 0 Å². The van der Waals surface area contributed by atoms with E-state index in [1.807, 2.05) is 32.9 Å². The van der Waals surface area contributed by atoms with E-state index in [0.717, 1.165) is 22.4 Å². The van der Waals surface area contributed by atoms with Crippen LogP contribution in [0.25, 0.3) is 11.0 Å². The molecule has 0 atom stereocenters. The Morgan fingerprint density at radius 2 is 1.70 bits per heavy atom. The number of anilines is 1. The number of carbonyl (C=O) groups excluding carboxylic acids is 2. The number of benzene rings is 2. The number of aryl methyl sites for hydroxylation is 4. The third-order valence-electron chi connectivity index (χ3n) is 4.90. The number of carbonyl (C=O) groups is 2. The van der Waals surface area contributed by atoms with Crippen LogP contribution in [0.15, 0.2) is 39.9 Å². The van der Waals surface area contributed by atoms with Gasteiger partial charge in [0.2, 0.25) is 5.91 Å². The Morgan fingerprint density at radius 1 is 1.03 bits per heavy atom. The number of nitrogens with zero attached hydrogens (tertiary/aromatic N) is 1. The van der Waals surface area contributed by atoms with Gasteiger partial charge in [-0.25, -0.2) is 0 Å². The van der Waals surface area contributed by atoms with Crippen LogP contribution in [0.2, 0.25) is 0 Å². The van der Waals surface area contributed by atoms with Crippen LogP contribution in [0.5, 0.6) is 0 Å². The number of amides is 2. The van der Waals surface area contributed by atoms with E-state index in [9.17, 15) is 19.2 Å². The van der Waals surface area contributed by atoms with Crippen LogP contribution in [-0.2, 0) is 11.3 Å². The Hall–Kier alpha value is -3.68. The first-order valence-electron chi connectivity index (χ1n) is 9.64. The van der Waals surface area contributed by atoms with Crippen LogP contribution in [0.1, 0.15) is 34.0 Å². The van der Waals surface area contributed by atoms with Crippen molar-refractivity contribution < 1.29 is 9.59 Å². The van der Waals surface area contributed by atoms with Crippen molar-refractivity contribution in [3.05, 3.63) is 73.3 Å². The number of aromatic amines is 1. The molecule has 1 aromatic heterocycles. The minimum Gasteiger partial charge on any atom is -0.343 e. The van der Waals surface area contributed by atoms with Crippen LogP contribution >= 0.6 is 0 Å². The van der Waals surface area contributed by atoms with Crippen molar-refractivity contribution in [2.75, 3.05) is 11.9 Å². The minimum absolute atomic E-state index is 0.200. The van der Waals surface area contributed by atoms with Crippen molar-refractivity contribution in [2.24, 2.45) is 0 Å². The Balaban J connectivity index is 1.74. The van der Waals surface area contributed by atoms with E-state index in [1.54, 1.807) is 19.1 Å². The summed E-state index contributed by atoms with van der Waals surface area (Å²) in [5.74, 6) is -0.799. The molecule has 8 nitrogen and oxygen atoms in total. The van der Waals surface area contributed by atoms with Crippen LogP contribution in [0.3, 0.4) is 0 Å². The summed E-state index contributed by atoms with van der Waals surface area (Å²) in [6, 6.07) is 8.60. The van der Waals surface area contributed by atoms with E-state index >= 15 is 0 Å². The summed E-state index contributed by atoms with van der Waals surface area (Å²) in [5, 5.41) is 5.41. The van der Waals surface area contributed by atoms with Gasteiger partial charge in [0, 0.05) is 17.8 Å². The van der Waals surface area contributed by atoms with E-state index in [-0.39, 0.29) is 18.0 Å². The standard InChI is InChI=1S/C22H24N4O4/c1-5-26-17-7-6-15(10-16(17)24-21(29)22(26)30)20(28)23-11-18(27)25-19-13(3)8-12(2)9-14(19)4/h6-10H,5,11H2,1-4H3,(H,23,28)(H,24,29)(H,25,27). The van der Waals surface area contributed by atoms with Crippen molar-refractivity contribution in [3.8, 4) is 0 Å². The summed E-state index contributed by atoms with van der Waals surface area (Å²) >= 11 is 0. The fourth-order valence-electron chi connectivity index (χ4n) is 3.56. The van der Waals surface area contributed by atoms with E-state index < -0.39 is 17.0 Å². The van der Waals surface area contributed by atoms with Crippen molar-refractivity contribution in [1.29, 1.82) is 0 Å². The van der Waals surface area contributed by atoms with Gasteiger partial charge in [0.1, 0.15) is 0 Å². The first-order chi connectivity index (χ1) is 14.2. The van der Waals surface area contributed by atoms with Gasteiger partial charge in [-0.1, -0.05) is 17.7 Å². The first kappa shape index (κ1) is 21.0. The van der Waals surface area contributed by atoms with E-state index in [1.165, 1.54) is 10.6 Å². The normalized spacial score (nSPS) is 10.8. The molecule has 0 unspecified atom stereocenters. The molecule has 156 valence electrons. The Labute approximate surface area is 172 Å². The predicted octanol–water partition coefficient (Wildman–Crippen LogP) is 2.00. The molecule has 0 spiro atoms. The van der Waals surface area contributed by atoms with Gasteiger partial charge in [0.15, 0.2) is 0 Å². The number of fused-ring (bicyclic) bond motifs is 1. The lowest BCUT2D eigenvalue weighted by atomic mass is 10.1. The highest BCUT2D eigenvalue weighted by Crippen LogP contribution is 2.21. The van der Waals surface area contributed by atoms with Crippen LogP contribution in [0, 0.1) is 20.8 Å². The summed E-state index contributed by atoms with van der Waals surface area (Å²) in [5.41, 5.74) is 3.55. The van der Waals surface area contributed by atoms with Gasteiger partial charge in [-0.15, -0.1) is 0 Å². The number of rotatable bonds is 5. The molecular formula is C22H24N4O4. The van der Waals surface area contributed by atoms with Crippen molar-refractivity contribution in [2.45, 2.75) is 34.2 Å². The second-order valence-corrected chi connectivity index (χ2v) is 7.24. The molecule has 1 heterocycles. The molecule has 0 aliphatic heterocycles.